The lowest BCUT2D eigenvalue weighted by Crippen LogP contribution is -1.77. The van der Waals surface area contributed by atoms with Crippen LogP contribution in [0, 0.1) is 38.1 Å². The Balaban J connectivity index is 3.13. The first-order valence-corrected chi connectivity index (χ1v) is 2.50. The van der Waals surface area contributed by atoms with Crippen LogP contribution in [0.3, 0.4) is 0 Å². The van der Waals surface area contributed by atoms with E-state index in [9.17, 15) is 0 Å². The van der Waals surface area contributed by atoms with Gasteiger partial charge in [-0.05, 0) is 49.2 Å². The van der Waals surface area contributed by atoms with E-state index in [1.807, 2.05) is 13.8 Å². The number of hydrogen-bond acceptors (Lipinski definition) is 0. The molecule has 1 aromatic rings. The van der Waals surface area contributed by atoms with Crippen molar-refractivity contribution >= 4 is 0 Å². The summed E-state index contributed by atoms with van der Waals surface area (Å²) in [6.45, 7) is 3.96. The van der Waals surface area contributed by atoms with Gasteiger partial charge in [-0.1, -0.05) is 0 Å². The number of aryl methyl sites for hydroxylation is 2. The molecule has 0 saturated heterocycles. The Labute approximate surface area is 50.2 Å². The molecule has 0 bridgehead atoms. The molecule has 1 rings (SSSR count). The van der Waals surface area contributed by atoms with Crippen LogP contribution in [-0.4, -0.2) is 0 Å². The third-order valence-corrected chi connectivity index (χ3v) is 1.12. The van der Waals surface area contributed by atoms with Gasteiger partial charge in [-0.3, -0.25) is 0 Å². The second-order valence-corrected chi connectivity index (χ2v) is 1.75. The van der Waals surface area contributed by atoms with Gasteiger partial charge in [-0.15, -0.1) is 0 Å². The maximum Gasteiger partial charge on any atom is -0.000409 e. The molecule has 0 saturated carbocycles. The molecule has 0 aliphatic rings. The molecule has 38 valence electrons. The summed E-state index contributed by atoms with van der Waals surface area (Å²) >= 11 is 0. The Kier molecular flexibility index (Phi) is 1.34. The summed E-state index contributed by atoms with van der Waals surface area (Å²) in [7, 11) is 0. The Morgan fingerprint density at radius 3 is 1.50 bits per heavy atom. The monoisotopic (exact) mass is 102 g/mol. The minimum absolute atomic E-state index is 1.10. The number of rotatable bonds is 0. The lowest BCUT2D eigenvalue weighted by molar-refractivity contribution is 1.32. The fourth-order valence-electron chi connectivity index (χ4n) is 0.438. The van der Waals surface area contributed by atoms with Gasteiger partial charge in [-0.2, -0.15) is 0 Å². The Hall–Kier alpha value is -0.780. The summed E-state index contributed by atoms with van der Waals surface area (Å²) in [5.74, 6) is 0. The highest BCUT2D eigenvalue weighted by atomic mass is 13.9. The average Bonchev–Trinajstić information content (AvgIpc) is 1.77. The number of hydrogen-bond donors (Lipinski definition) is 0. The Morgan fingerprint density at radius 2 is 1.25 bits per heavy atom. The zero-order valence-electron chi connectivity index (χ0n) is 5.00. The molecule has 0 heteroatoms. The normalized spacial score (nSPS) is 9.25. The van der Waals surface area contributed by atoms with Crippen LogP contribution in [0.1, 0.15) is 11.1 Å². The van der Waals surface area contributed by atoms with Crippen LogP contribution in [0.5, 0.6) is 0 Å². The van der Waals surface area contributed by atoms with Crippen LogP contribution in [0.4, 0.5) is 0 Å². The molecule has 0 fully saturated rings. The van der Waals surface area contributed by atoms with Crippen LogP contribution in [-0.2, 0) is 0 Å². The summed E-state index contributed by atoms with van der Waals surface area (Å²) in [6.07, 6.45) is 0. The van der Waals surface area contributed by atoms with Crippen LogP contribution in [0.15, 0.2) is 0 Å². The van der Waals surface area contributed by atoms with Crippen LogP contribution in [0.25, 0.3) is 0 Å². The topological polar surface area (TPSA) is 0 Å². The van der Waals surface area contributed by atoms with E-state index in [2.05, 4.69) is 24.3 Å². The van der Waals surface area contributed by atoms with Crippen molar-refractivity contribution in [2.75, 3.05) is 0 Å². The van der Waals surface area contributed by atoms with Crippen molar-refractivity contribution < 1.29 is 0 Å². The highest BCUT2D eigenvalue weighted by molar-refractivity contribution is 5.19. The van der Waals surface area contributed by atoms with Gasteiger partial charge in [0.05, 0.1) is 0 Å². The van der Waals surface area contributed by atoms with Gasteiger partial charge in [0, 0.05) is 0 Å². The summed E-state index contributed by atoms with van der Waals surface area (Å²) in [5.41, 5.74) is 2.20. The zero-order chi connectivity index (χ0) is 5.98. The van der Waals surface area contributed by atoms with E-state index in [0.29, 0.717) is 0 Å². The third-order valence-electron chi connectivity index (χ3n) is 1.12. The molecule has 4 radical (unpaired) electrons. The van der Waals surface area contributed by atoms with Crippen molar-refractivity contribution in [3.63, 3.8) is 0 Å². The molecule has 0 aliphatic carbocycles. The molecule has 8 heavy (non-hydrogen) atoms. The molecule has 0 unspecified atom stereocenters. The van der Waals surface area contributed by atoms with Gasteiger partial charge >= 0.3 is 0 Å². The molecule has 0 amide bonds. The highest BCUT2D eigenvalue weighted by Crippen LogP contribution is 1.99. The van der Waals surface area contributed by atoms with E-state index >= 15 is 0 Å². The second kappa shape index (κ2) is 1.99. The summed E-state index contributed by atoms with van der Waals surface area (Å²) in [6, 6.07) is 11.2. The van der Waals surface area contributed by atoms with Gasteiger partial charge in [0.15, 0.2) is 0 Å². The van der Waals surface area contributed by atoms with Crippen molar-refractivity contribution in [3.8, 4) is 0 Å². The maximum atomic E-state index is 2.89. The van der Waals surface area contributed by atoms with Crippen molar-refractivity contribution in [2.45, 2.75) is 13.8 Å². The molecule has 0 aromatic heterocycles. The van der Waals surface area contributed by atoms with Gasteiger partial charge < -0.3 is 0 Å². The molecule has 0 aliphatic heterocycles. The van der Waals surface area contributed by atoms with Crippen LogP contribution < -0.4 is 0 Å². The van der Waals surface area contributed by atoms with E-state index in [-0.39, 0.29) is 0 Å². The predicted octanol–water partition coefficient (Wildman–Crippen LogP) is 1.50. The molecule has 0 spiro atoms. The van der Waals surface area contributed by atoms with Gasteiger partial charge in [0.25, 0.3) is 0 Å². The van der Waals surface area contributed by atoms with Gasteiger partial charge in [-0.25, -0.2) is 0 Å². The number of benzene rings is 1. The molecule has 0 heterocycles. The van der Waals surface area contributed by atoms with Crippen LogP contribution in [0.2, 0.25) is 0 Å². The largest absolute Gasteiger partial charge is 0.0390 e. The first-order chi connectivity index (χ1) is 3.80. The minimum Gasteiger partial charge on any atom is -0.0390 e. The molecule has 0 nitrogen and oxygen atoms in total. The van der Waals surface area contributed by atoms with Gasteiger partial charge in [0.1, 0.15) is 0 Å². The van der Waals surface area contributed by atoms with Crippen molar-refractivity contribution in [3.05, 3.63) is 35.4 Å². The van der Waals surface area contributed by atoms with E-state index in [4.69, 9.17) is 0 Å². The van der Waals surface area contributed by atoms with Crippen LogP contribution >= 0.6 is 0 Å². The van der Waals surface area contributed by atoms with Crippen molar-refractivity contribution in [1.82, 2.24) is 0 Å². The first-order valence-electron chi connectivity index (χ1n) is 2.50. The fraction of sp³-hybridized carbons (Fsp3) is 0.250. The molecular formula is C8H6. The summed E-state index contributed by atoms with van der Waals surface area (Å²) in [5, 5.41) is 0. The lowest BCUT2D eigenvalue weighted by atomic mass is 10.1. The van der Waals surface area contributed by atoms with Crippen molar-refractivity contribution in [2.24, 2.45) is 0 Å². The highest BCUT2D eigenvalue weighted by Gasteiger charge is 1.86. The molecular weight excluding hydrogens is 96.1 g/mol. The van der Waals surface area contributed by atoms with Crippen molar-refractivity contribution in [1.29, 1.82) is 0 Å². The molecule has 0 N–H and O–H groups in total. The van der Waals surface area contributed by atoms with E-state index in [1.165, 1.54) is 0 Å². The maximum absolute atomic E-state index is 2.89. The Morgan fingerprint density at radius 1 is 0.875 bits per heavy atom. The van der Waals surface area contributed by atoms with E-state index in [1.54, 1.807) is 0 Å². The molecule has 1 aromatic carbocycles. The van der Waals surface area contributed by atoms with E-state index in [0.717, 1.165) is 11.1 Å². The van der Waals surface area contributed by atoms with E-state index < -0.39 is 0 Å². The Bertz CT molecular complexity index is 156. The summed E-state index contributed by atoms with van der Waals surface area (Å²) < 4.78 is 0. The average molecular weight is 102 g/mol. The lowest BCUT2D eigenvalue weighted by Gasteiger charge is -1.91. The first kappa shape index (κ1) is 5.36. The summed E-state index contributed by atoms with van der Waals surface area (Å²) in [4.78, 5) is 0. The minimum atomic E-state index is 1.10. The third kappa shape index (κ3) is 0.890. The fourth-order valence-corrected chi connectivity index (χ4v) is 0.438. The molecule has 0 atom stereocenters. The quantitative estimate of drug-likeness (QED) is 0.465. The standard InChI is InChI=1S/C8H6/c1-7-5-3-4-6-8(7)2/h1-2H3. The van der Waals surface area contributed by atoms with Gasteiger partial charge in [0.2, 0.25) is 0 Å². The predicted molar refractivity (Wildman–Crippen MR) is 31.3 cm³/mol. The second-order valence-electron chi connectivity index (χ2n) is 1.75. The zero-order valence-corrected chi connectivity index (χ0v) is 5.00. The SMILES string of the molecule is Cc1[c][c][c][c]c1C. The smallest absolute Gasteiger partial charge is 0.000409 e.